The first-order valence-electron chi connectivity index (χ1n) is 8.81. The van der Waals surface area contributed by atoms with Crippen LogP contribution >= 0.6 is 0 Å². The number of hydrogen-bond acceptors (Lipinski definition) is 3. The number of nitrogens with one attached hydrogen (secondary N) is 3. The summed E-state index contributed by atoms with van der Waals surface area (Å²) in [5, 5.41) is 8.03. The second kappa shape index (κ2) is 9.36. The number of hydrogen-bond donors (Lipinski definition) is 3. The lowest BCUT2D eigenvalue weighted by atomic mass is 10.2. The van der Waals surface area contributed by atoms with E-state index in [-0.39, 0.29) is 37.3 Å². The lowest BCUT2D eigenvalue weighted by molar-refractivity contribution is -0.121. The molecule has 0 aliphatic heterocycles. The number of carbonyl (C=O) groups is 2. The zero-order valence-corrected chi connectivity index (χ0v) is 15.1. The highest BCUT2D eigenvalue weighted by atomic mass is 19.1. The molecule has 0 bridgehead atoms. The number of amides is 3. The molecule has 0 unspecified atom stereocenters. The van der Waals surface area contributed by atoms with Crippen LogP contribution < -0.4 is 16.0 Å². The number of urea groups is 1. The van der Waals surface area contributed by atoms with Crippen LogP contribution in [-0.2, 0) is 11.3 Å². The van der Waals surface area contributed by atoms with Gasteiger partial charge in [-0.1, -0.05) is 18.2 Å². The van der Waals surface area contributed by atoms with Crippen LogP contribution in [0.3, 0.4) is 0 Å². The van der Waals surface area contributed by atoms with Crippen molar-refractivity contribution in [2.45, 2.75) is 13.0 Å². The molecule has 0 atom stereocenters. The third-order valence-electron chi connectivity index (χ3n) is 3.92. The van der Waals surface area contributed by atoms with Gasteiger partial charge in [0.25, 0.3) is 0 Å². The Morgan fingerprint density at radius 2 is 1.64 bits per heavy atom. The first-order valence-corrected chi connectivity index (χ1v) is 8.81. The van der Waals surface area contributed by atoms with E-state index < -0.39 is 0 Å². The van der Waals surface area contributed by atoms with Crippen LogP contribution in [0.15, 0.2) is 71.1 Å². The molecule has 0 aliphatic carbocycles. The van der Waals surface area contributed by atoms with E-state index in [4.69, 9.17) is 4.42 Å². The maximum absolute atomic E-state index is 13.0. The highest BCUT2D eigenvalue weighted by Crippen LogP contribution is 2.22. The second-order valence-electron chi connectivity index (χ2n) is 6.05. The Bertz CT molecular complexity index is 924. The summed E-state index contributed by atoms with van der Waals surface area (Å²) in [6, 6.07) is 18.2. The maximum atomic E-state index is 13.0. The summed E-state index contributed by atoms with van der Waals surface area (Å²) >= 11 is 0. The lowest BCUT2D eigenvalue weighted by Crippen LogP contribution is -2.33. The van der Waals surface area contributed by atoms with Crippen LogP contribution in [0, 0.1) is 5.82 Å². The zero-order valence-electron chi connectivity index (χ0n) is 15.1. The number of benzene rings is 2. The SMILES string of the molecule is O=C(CCNC(=O)Nc1ccccc1)NCc1ccc(-c2ccc(F)cc2)o1. The van der Waals surface area contributed by atoms with Crippen molar-refractivity contribution in [1.29, 1.82) is 0 Å². The average Bonchev–Trinajstić information content (AvgIpc) is 3.17. The van der Waals surface area contributed by atoms with Gasteiger partial charge in [-0.3, -0.25) is 4.79 Å². The Morgan fingerprint density at radius 3 is 2.39 bits per heavy atom. The van der Waals surface area contributed by atoms with Gasteiger partial charge in [-0.2, -0.15) is 0 Å². The smallest absolute Gasteiger partial charge is 0.319 e. The Hall–Kier alpha value is -3.61. The van der Waals surface area contributed by atoms with Crippen LogP contribution in [0.2, 0.25) is 0 Å². The van der Waals surface area contributed by atoms with Crippen LogP contribution in [0.4, 0.5) is 14.9 Å². The third kappa shape index (κ3) is 5.70. The molecular weight excluding hydrogens is 361 g/mol. The van der Waals surface area contributed by atoms with Gasteiger partial charge in [-0.15, -0.1) is 0 Å². The summed E-state index contributed by atoms with van der Waals surface area (Å²) < 4.78 is 18.6. The fraction of sp³-hybridized carbons (Fsp3) is 0.143. The summed E-state index contributed by atoms with van der Waals surface area (Å²) in [6.45, 7) is 0.444. The van der Waals surface area contributed by atoms with Gasteiger partial charge in [-0.05, 0) is 48.5 Å². The first kappa shape index (κ1) is 19.2. The molecule has 3 N–H and O–H groups in total. The minimum Gasteiger partial charge on any atom is -0.459 e. The number of anilines is 1. The molecule has 0 spiro atoms. The van der Waals surface area contributed by atoms with Crippen molar-refractivity contribution >= 4 is 17.6 Å². The number of carbonyl (C=O) groups excluding carboxylic acids is 2. The van der Waals surface area contributed by atoms with E-state index in [9.17, 15) is 14.0 Å². The Balaban J connectivity index is 1.37. The fourth-order valence-corrected chi connectivity index (χ4v) is 2.50. The van der Waals surface area contributed by atoms with Crippen LogP contribution in [0.25, 0.3) is 11.3 Å². The quantitative estimate of drug-likeness (QED) is 0.580. The van der Waals surface area contributed by atoms with Gasteiger partial charge in [0.2, 0.25) is 5.91 Å². The Morgan fingerprint density at radius 1 is 0.893 bits per heavy atom. The largest absolute Gasteiger partial charge is 0.459 e. The van der Waals surface area contributed by atoms with Crippen LogP contribution in [-0.4, -0.2) is 18.5 Å². The molecule has 0 radical (unpaired) electrons. The molecule has 0 saturated heterocycles. The minimum atomic E-state index is -0.367. The third-order valence-corrected chi connectivity index (χ3v) is 3.92. The molecule has 1 aromatic heterocycles. The summed E-state index contributed by atoms with van der Waals surface area (Å²) in [7, 11) is 0. The van der Waals surface area contributed by atoms with Crippen molar-refractivity contribution in [3.63, 3.8) is 0 Å². The van der Waals surface area contributed by atoms with Crippen molar-refractivity contribution < 1.29 is 18.4 Å². The number of rotatable bonds is 7. The van der Waals surface area contributed by atoms with Crippen molar-refractivity contribution in [3.8, 4) is 11.3 Å². The summed E-state index contributed by atoms with van der Waals surface area (Å²) in [5.74, 6) is 0.666. The van der Waals surface area contributed by atoms with Gasteiger partial charge in [0.15, 0.2) is 0 Å². The summed E-state index contributed by atoms with van der Waals surface area (Å²) in [4.78, 5) is 23.6. The van der Waals surface area contributed by atoms with Gasteiger partial charge in [0.1, 0.15) is 17.3 Å². The van der Waals surface area contributed by atoms with Gasteiger partial charge in [-0.25, -0.2) is 9.18 Å². The predicted octanol–water partition coefficient (Wildman–Crippen LogP) is 3.91. The van der Waals surface area contributed by atoms with Gasteiger partial charge in [0.05, 0.1) is 6.54 Å². The van der Waals surface area contributed by atoms with E-state index >= 15 is 0 Å². The Labute approximate surface area is 161 Å². The highest BCUT2D eigenvalue weighted by Gasteiger charge is 2.08. The molecule has 3 rings (SSSR count). The van der Waals surface area contributed by atoms with E-state index in [1.807, 2.05) is 18.2 Å². The first-order chi connectivity index (χ1) is 13.6. The van der Waals surface area contributed by atoms with E-state index in [1.165, 1.54) is 12.1 Å². The summed E-state index contributed by atoms with van der Waals surface area (Å²) in [6.07, 6.45) is 0.147. The number of halogens is 1. The van der Waals surface area contributed by atoms with Crippen LogP contribution in [0.5, 0.6) is 0 Å². The molecule has 144 valence electrons. The minimum absolute atomic E-state index is 0.147. The molecule has 3 aromatic rings. The van der Waals surface area contributed by atoms with E-state index in [0.29, 0.717) is 17.2 Å². The van der Waals surface area contributed by atoms with Gasteiger partial charge < -0.3 is 20.4 Å². The van der Waals surface area contributed by atoms with Gasteiger partial charge >= 0.3 is 6.03 Å². The maximum Gasteiger partial charge on any atom is 0.319 e. The lowest BCUT2D eigenvalue weighted by Gasteiger charge is -2.07. The predicted molar refractivity (Wildman–Crippen MR) is 104 cm³/mol. The highest BCUT2D eigenvalue weighted by molar-refractivity contribution is 5.89. The molecule has 1 heterocycles. The monoisotopic (exact) mass is 381 g/mol. The van der Waals surface area contributed by atoms with Gasteiger partial charge in [0, 0.05) is 24.2 Å². The number of furan rings is 1. The van der Waals surface area contributed by atoms with E-state index in [0.717, 1.165) is 5.56 Å². The Kier molecular flexibility index (Phi) is 6.41. The average molecular weight is 381 g/mol. The zero-order chi connectivity index (χ0) is 19.8. The van der Waals surface area contributed by atoms with Crippen molar-refractivity contribution in [2.75, 3.05) is 11.9 Å². The molecular formula is C21H20FN3O3. The molecule has 0 aliphatic rings. The molecule has 0 fully saturated rings. The molecule has 0 saturated carbocycles. The molecule has 6 nitrogen and oxygen atoms in total. The van der Waals surface area contributed by atoms with E-state index in [1.54, 1.807) is 36.4 Å². The van der Waals surface area contributed by atoms with Crippen molar-refractivity contribution in [2.24, 2.45) is 0 Å². The standard InChI is InChI=1S/C21H20FN3O3/c22-16-8-6-15(7-9-16)19-11-10-18(28-19)14-24-20(26)12-13-23-21(27)25-17-4-2-1-3-5-17/h1-11H,12-14H2,(H,24,26)(H2,23,25,27). The normalized spacial score (nSPS) is 10.3. The number of para-hydroxylation sites is 1. The molecule has 2 aromatic carbocycles. The van der Waals surface area contributed by atoms with Crippen LogP contribution in [0.1, 0.15) is 12.2 Å². The fourth-order valence-electron chi connectivity index (χ4n) is 2.50. The van der Waals surface area contributed by atoms with E-state index in [2.05, 4.69) is 16.0 Å². The molecule has 7 heteroatoms. The second-order valence-corrected chi connectivity index (χ2v) is 6.05. The van der Waals surface area contributed by atoms with Crippen molar-refractivity contribution in [3.05, 3.63) is 78.3 Å². The summed E-state index contributed by atoms with van der Waals surface area (Å²) in [5.41, 5.74) is 1.44. The molecule has 3 amide bonds. The van der Waals surface area contributed by atoms with Crippen molar-refractivity contribution in [1.82, 2.24) is 10.6 Å². The molecule has 28 heavy (non-hydrogen) atoms. The topological polar surface area (TPSA) is 83.4 Å².